The van der Waals surface area contributed by atoms with Crippen LogP contribution in [-0.2, 0) is 17.1 Å². The van der Waals surface area contributed by atoms with E-state index in [0.29, 0.717) is 18.8 Å². The van der Waals surface area contributed by atoms with Crippen molar-refractivity contribution in [1.29, 1.82) is 0 Å². The molecule has 1 unspecified atom stereocenters. The summed E-state index contributed by atoms with van der Waals surface area (Å²) in [6.45, 7) is 0.582. The van der Waals surface area contributed by atoms with Crippen LogP contribution in [0.25, 0.3) is 0 Å². The van der Waals surface area contributed by atoms with Gasteiger partial charge in [-0.15, -0.1) is 11.6 Å². The van der Waals surface area contributed by atoms with Crippen molar-refractivity contribution in [2.75, 3.05) is 12.4 Å². The molecule has 1 saturated heterocycles. The number of nitrogens with zero attached hydrogens (tertiary/aromatic N) is 3. The van der Waals surface area contributed by atoms with Crippen LogP contribution < -0.4 is 0 Å². The molecule has 0 saturated carbocycles. The Hall–Kier alpha value is -0.590. The zero-order valence-corrected chi connectivity index (χ0v) is 12.0. The monoisotopic (exact) mass is 291 g/mol. The van der Waals surface area contributed by atoms with Gasteiger partial charge in [0.05, 0.1) is 6.20 Å². The highest BCUT2D eigenvalue weighted by Gasteiger charge is 2.33. The number of hydrogen-bond donors (Lipinski definition) is 0. The SMILES string of the molecule is Cn1cc(S(=O)(=O)N2CCCCC2CCCl)cn1. The minimum Gasteiger partial charge on any atom is -0.274 e. The van der Waals surface area contributed by atoms with Gasteiger partial charge in [-0.3, -0.25) is 4.68 Å². The van der Waals surface area contributed by atoms with Crippen LogP contribution >= 0.6 is 11.6 Å². The second-order valence-electron chi connectivity index (χ2n) is 4.59. The molecule has 1 aliphatic rings. The topological polar surface area (TPSA) is 55.2 Å². The molecule has 1 atom stereocenters. The van der Waals surface area contributed by atoms with Gasteiger partial charge in [0.2, 0.25) is 10.0 Å². The molecule has 1 aromatic rings. The summed E-state index contributed by atoms with van der Waals surface area (Å²) < 4.78 is 28.1. The Labute approximate surface area is 113 Å². The number of rotatable bonds is 4. The standard InChI is InChI=1S/C11H18ClN3O2S/c1-14-9-11(8-13-14)18(16,17)15-7-3-2-4-10(15)5-6-12/h8-10H,2-7H2,1H3. The van der Waals surface area contributed by atoms with Crippen LogP contribution in [0.4, 0.5) is 0 Å². The Morgan fingerprint density at radius 2 is 2.28 bits per heavy atom. The van der Waals surface area contributed by atoms with E-state index in [1.54, 1.807) is 17.5 Å². The van der Waals surface area contributed by atoms with Gasteiger partial charge in [0.15, 0.2) is 0 Å². The minimum absolute atomic E-state index is 0.0291. The van der Waals surface area contributed by atoms with Gasteiger partial charge in [-0.05, 0) is 19.3 Å². The fourth-order valence-corrected chi connectivity index (χ4v) is 4.33. The van der Waals surface area contributed by atoms with E-state index in [-0.39, 0.29) is 10.9 Å². The quantitative estimate of drug-likeness (QED) is 0.792. The summed E-state index contributed by atoms with van der Waals surface area (Å²) in [5.74, 6) is 0.490. The molecule has 0 N–H and O–H groups in total. The first kappa shape index (κ1) is 13.8. The summed E-state index contributed by atoms with van der Waals surface area (Å²) in [6, 6.07) is 0.0291. The van der Waals surface area contributed by atoms with E-state index in [9.17, 15) is 8.42 Å². The predicted molar refractivity (Wildman–Crippen MR) is 70.1 cm³/mol. The average Bonchev–Trinajstić information content (AvgIpc) is 2.78. The van der Waals surface area contributed by atoms with Crippen LogP contribution in [0.5, 0.6) is 0 Å². The number of hydrogen-bond acceptors (Lipinski definition) is 3. The Balaban J connectivity index is 2.27. The summed E-state index contributed by atoms with van der Waals surface area (Å²) in [5.41, 5.74) is 0. The average molecular weight is 292 g/mol. The van der Waals surface area contributed by atoms with Crippen LogP contribution in [0.15, 0.2) is 17.3 Å². The number of piperidine rings is 1. The molecule has 1 aliphatic heterocycles. The van der Waals surface area contributed by atoms with Crippen molar-refractivity contribution in [2.24, 2.45) is 7.05 Å². The Bertz CT molecular complexity index is 498. The Morgan fingerprint density at radius 3 is 2.89 bits per heavy atom. The van der Waals surface area contributed by atoms with Crippen LogP contribution in [0.2, 0.25) is 0 Å². The molecule has 0 aliphatic carbocycles. The molecule has 1 aromatic heterocycles. The van der Waals surface area contributed by atoms with Crippen molar-refractivity contribution in [2.45, 2.75) is 36.6 Å². The van der Waals surface area contributed by atoms with Crippen molar-refractivity contribution in [3.63, 3.8) is 0 Å². The second-order valence-corrected chi connectivity index (χ2v) is 6.86. The fourth-order valence-electron chi connectivity index (χ4n) is 2.37. The lowest BCUT2D eigenvalue weighted by Gasteiger charge is -2.34. The van der Waals surface area contributed by atoms with Gasteiger partial charge in [0.25, 0.3) is 0 Å². The summed E-state index contributed by atoms with van der Waals surface area (Å²) in [7, 11) is -1.71. The zero-order valence-electron chi connectivity index (χ0n) is 10.4. The predicted octanol–water partition coefficient (Wildman–Crippen LogP) is 1.59. The molecule has 0 aromatic carbocycles. The third-order valence-electron chi connectivity index (χ3n) is 3.30. The van der Waals surface area contributed by atoms with Crippen LogP contribution in [-0.4, -0.2) is 41.0 Å². The first-order valence-electron chi connectivity index (χ1n) is 6.12. The van der Waals surface area contributed by atoms with Crippen LogP contribution in [0.3, 0.4) is 0 Å². The summed E-state index contributed by atoms with van der Waals surface area (Å²) >= 11 is 5.76. The van der Waals surface area contributed by atoms with Crippen molar-refractivity contribution in [3.05, 3.63) is 12.4 Å². The second kappa shape index (κ2) is 5.59. The first-order chi connectivity index (χ1) is 8.55. The summed E-state index contributed by atoms with van der Waals surface area (Å²) in [4.78, 5) is 0.270. The van der Waals surface area contributed by atoms with E-state index in [2.05, 4.69) is 5.10 Å². The first-order valence-corrected chi connectivity index (χ1v) is 8.09. The third kappa shape index (κ3) is 2.70. The van der Waals surface area contributed by atoms with Crippen molar-refractivity contribution in [3.8, 4) is 0 Å². The molecule has 0 radical (unpaired) electrons. The fraction of sp³-hybridized carbons (Fsp3) is 0.727. The lowest BCUT2D eigenvalue weighted by atomic mass is 10.0. The van der Waals surface area contributed by atoms with Crippen molar-refractivity contribution in [1.82, 2.24) is 14.1 Å². The van der Waals surface area contributed by atoms with Gasteiger partial charge >= 0.3 is 0 Å². The number of aryl methyl sites for hydroxylation is 1. The van der Waals surface area contributed by atoms with E-state index in [4.69, 9.17) is 11.6 Å². The Morgan fingerprint density at radius 1 is 1.50 bits per heavy atom. The number of alkyl halides is 1. The lowest BCUT2D eigenvalue weighted by Crippen LogP contribution is -2.43. The Kier molecular flexibility index (Phi) is 4.29. The maximum Gasteiger partial charge on any atom is 0.246 e. The highest BCUT2D eigenvalue weighted by molar-refractivity contribution is 7.89. The molecule has 2 heterocycles. The molecule has 102 valence electrons. The minimum atomic E-state index is -3.42. The highest BCUT2D eigenvalue weighted by Crippen LogP contribution is 2.26. The van der Waals surface area contributed by atoms with E-state index in [0.717, 1.165) is 19.3 Å². The van der Waals surface area contributed by atoms with Gasteiger partial charge in [-0.1, -0.05) is 6.42 Å². The summed E-state index contributed by atoms with van der Waals surface area (Å²) in [5, 5.41) is 3.93. The lowest BCUT2D eigenvalue weighted by molar-refractivity contribution is 0.247. The third-order valence-corrected chi connectivity index (χ3v) is 5.43. The largest absolute Gasteiger partial charge is 0.274 e. The maximum atomic E-state index is 12.5. The highest BCUT2D eigenvalue weighted by atomic mass is 35.5. The van der Waals surface area contributed by atoms with Gasteiger partial charge < -0.3 is 0 Å². The van der Waals surface area contributed by atoms with Gasteiger partial charge in [0, 0.05) is 31.7 Å². The molecular formula is C11H18ClN3O2S. The molecule has 0 amide bonds. The normalized spacial score (nSPS) is 22.2. The van der Waals surface area contributed by atoms with Crippen molar-refractivity contribution >= 4 is 21.6 Å². The molecule has 0 spiro atoms. The number of sulfonamides is 1. The number of aromatic nitrogens is 2. The van der Waals surface area contributed by atoms with E-state index < -0.39 is 10.0 Å². The molecule has 0 bridgehead atoms. The van der Waals surface area contributed by atoms with Crippen LogP contribution in [0, 0.1) is 0 Å². The van der Waals surface area contributed by atoms with Gasteiger partial charge in [0.1, 0.15) is 4.90 Å². The molecule has 18 heavy (non-hydrogen) atoms. The van der Waals surface area contributed by atoms with Crippen molar-refractivity contribution < 1.29 is 8.42 Å². The smallest absolute Gasteiger partial charge is 0.246 e. The summed E-state index contributed by atoms with van der Waals surface area (Å²) in [6.07, 6.45) is 6.54. The van der Waals surface area contributed by atoms with E-state index in [1.165, 1.54) is 10.9 Å². The van der Waals surface area contributed by atoms with E-state index in [1.807, 2.05) is 0 Å². The maximum absolute atomic E-state index is 12.5. The molecule has 2 rings (SSSR count). The molecule has 7 heteroatoms. The zero-order chi connectivity index (χ0) is 13.2. The van der Waals surface area contributed by atoms with Gasteiger partial charge in [-0.25, -0.2) is 8.42 Å². The van der Waals surface area contributed by atoms with Gasteiger partial charge in [-0.2, -0.15) is 9.40 Å². The number of halogens is 1. The molecular weight excluding hydrogens is 274 g/mol. The van der Waals surface area contributed by atoms with Crippen LogP contribution in [0.1, 0.15) is 25.7 Å². The molecule has 5 nitrogen and oxygen atoms in total. The molecule has 1 fully saturated rings. The van der Waals surface area contributed by atoms with E-state index >= 15 is 0 Å².